The van der Waals surface area contributed by atoms with Crippen LogP contribution in [0.1, 0.15) is 30.0 Å². The van der Waals surface area contributed by atoms with Gasteiger partial charge in [-0.15, -0.1) is 0 Å². The van der Waals surface area contributed by atoms with E-state index in [9.17, 15) is 0 Å². The summed E-state index contributed by atoms with van der Waals surface area (Å²) in [6, 6.07) is 6.44. The van der Waals surface area contributed by atoms with E-state index >= 15 is 0 Å². The zero-order valence-corrected chi connectivity index (χ0v) is 9.36. The number of hydrogen-bond donors (Lipinski definition) is 0. The van der Waals surface area contributed by atoms with Crippen LogP contribution in [0.4, 0.5) is 0 Å². The summed E-state index contributed by atoms with van der Waals surface area (Å²) in [4.78, 5) is 4.73. The molecule has 1 aromatic carbocycles. The van der Waals surface area contributed by atoms with Crippen LogP contribution in [0.3, 0.4) is 0 Å². The summed E-state index contributed by atoms with van der Waals surface area (Å²) in [6.07, 6.45) is 5.46. The van der Waals surface area contributed by atoms with Crippen molar-refractivity contribution in [2.75, 3.05) is 7.11 Å². The molecule has 0 aliphatic heterocycles. The highest BCUT2D eigenvalue weighted by Gasteiger charge is 2.16. The summed E-state index contributed by atoms with van der Waals surface area (Å²) in [5.41, 5.74) is 4.14. The molecule has 15 heavy (non-hydrogen) atoms. The van der Waals surface area contributed by atoms with Gasteiger partial charge < -0.3 is 4.84 Å². The lowest BCUT2D eigenvalue weighted by Gasteiger charge is -2.22. The van der Waals surface area contributed by atoms with E-state index in [1.54, 1.807) is 7.11 Å². The van der Waals surface area contributed by atoms with E-state index < -0.39 is 0 Å². The molecule has 0 spiro atoms. The largest absolute Gasteiger partial charge is 0.399 e. The van der Waals surface area contributed by atoms with Gasteiger partial charge in [-0.2, -0.15) is 0 Å². The van der Waals surface area contributed by atoms with Crippen molar-refractivity contribution >= 4 is 6.21 Å². The molecule has 1 unspecified atom stereocenters. The Labute approximate surface area is 90.9 Å². The highest BCUT2D eigenvalue weighted by molar-refractivity contribution is 5.82. The quantitative estimate of drug-likeness (QED) is 0.535. The second-order valence-electron chi connectivity index (χ2n) is 4.25. The Hall–Kier alpha value is -1.31. The SMILES string of the molecule is CO/N=C/c1cccc2c1CCC(C)C2. The molecule has 0 N–H and O–H groups in total. The van der Waals surface area contributed by atoms with Crippen LogP contribution in [-0.4, -0.2) is 13.3 Å². The molecule has 0 fully saturated rings. The van der Waals surface area contributed by atoms with E-state index in [4.69, 9.17) is 4.84 Å². The normalized spacial score (nSPS) is 20.3. The molecule has 1 aliphatic carbocycles. The number of nitrogens with zero attached hydrogens (tertiary/aromatic N) is 1. The second-order valence-corrected chi connectivity index (χ2v) is 4.25. The van der Waals surface area contributed by atoms with Crippen molar-refractivity contribution in [3.05, 3.63) is 34.9 Å². The van der Waals surface area contributed by atoms with Crippen LogP contribution in [0.2, 0.25) is 0 Å². The number of fused-ring (bicyclic) bond motifs is 1. The molecule has 0 saturated carbocycles. The fraction of sp³-hybridized carbons (Fsp3) is 0.462. The number of hydrogen-bond acceptors (Lipinski definition) is 2. The number of rotatable bonds is 2. The minimum Gasteiger partial charge on any atom is -0.399 e. The molecule has 2 nitrogen and oxygen atoms in total. The predicted molar refractivity (Wildman–Crippen MR) is 62.2 cm³/mol. The van der Waals surface area contributed by atoms with E-state index in [1.807, 2.05) is 6.21 Å². The Balaban J connectivity index is 2.33. The van der Waals surface area contributed by atoms with Crippen LogP contribution in [0.25, 0.3) is 0 Å². The van der Waals surface area contributed by atoms with Gasteiger partial charge >= 0.3 is 0 Å². The molecule has 1 atom stereocenters. The Morgan fingerprint density at radius 1 is 1.47 bits per heavy atom. The first-order chi connectivity index (χ1) is 7.31. The molecule has 0 radical (unpaired) electrons. The molecule has 0 bridgehead atoms. The summed E-state index contributed by atoms with van der Waals surface area (Å²) < 4.78 is 0. The Kier molecular flexibility index (Phi) is 3.05. The minimum absolute atomic E-state index is 0.812. The van der Waals surface area contributed by atoms with Gasteiger partial charge in [0.1, 0.15) is 7.11 Å². The average molecular weight is 203 g/mol. The highest BCUT2D eigenvalue weighted by Crippen LogP contribution is 2.27. The lowest BCUT2D eigenvalue weighted by atomic mass is 9.83. The van der Waals surface area contributed by atoms with Gasteiger partial charge in [0.05, 0.1) is 6.21 Å². The third kappa shape index (κ3) is 2.20. The Bertz CT molecular complexity index is 371. The molecule has 1 aliphatic rings. The highest BCUT2D eigenvalue weighted by atomic mass is 16.6. The summed E-state index contributed by atoms with van der Waals surface area (Å²) in [7, 11) is 1.58. The van der Waals surface area contributed by atoms with Crippen molar-refractivity contribution in [2.45, 2.75) is 26.2 Å². The second kappa shape index (κ2) is 4.47. The van der Waals surface area contributed by atoms with Crippen LogP contribution >= 0.6 is 0 Å². The maximum Gasteiger partial charge on any atom is 0.106 e. The van der Waals surface area contributed by atoms with Crippen LogP contribution in [0.15, 0.2) is 23.4 Å². The summed E-state index contributed by atoms with van der Waals surface area (Å²) in [6.45, 7) is 2.32. The smallest absolute Gasteiger partial charge is 0.106 e. The maximum absolute atomic E-state index is 4.73. The van der Waals surface area contributed by atoms with Crippen molar-refractivity contribution in [1.82, 2.24) is 0 Å². The molecular formula is C13H17NO. The average Bonchev–Trinajstić information content (AvgIpc) is 2.25. The van der Waals surface area contributed by atoms with Crippen molar-refractivity contribution in [2.24, 2.45) is 11.1 Å². The third-order valence-electron chi connectivity index (χ3n) is 3.06. The van der Waals surface area contributed by atoms with Gasteiger partial charge in [0, 0.05) is 0 Å². The first kappa shape index (κ1) is 10.2. The molecule has 0 saturated heterocycles. The molecule has 0 amide bonds. The van der Waals surface area contributed by atoms with Crippen molar-refractivity contribution in [3.63, 3.8) is 0 Å². The van der Waals surface area contributed by atoms with Crippen LogP contribution in [0, 0.1) is 5.92 Å². The van der Waals surface area contributed by atoms with Gasteiger partial charge in [-0.3, -0.25) is 0 Å². The molecule has 1 aromatic rings. The van der Waals surface area contributed by atoms with E-state index in [2.05, 4.69) is 30.3 Å². The van der Waals surface area contributed by atoms with E-state index in [1.165, 1.54) is 36.0 Å². The van der Waals surface area contributed by atoms with Gasteiger partial charge in [-0.05, 0) is 41.9 Å². The molecule has 0 heterocycles. The zero-order valence-electron chi connectivity index (χ0n) is 9.36. The molecule has 0 aromatic heterocycles. The molecule has 80 valence electrons. The van der Waals surface area contributed by atoms with E-state index in [0.29, 0.717) is 0 Å². The lowest BCUT2D eigenvalue weighted by molar-refractivity contribution is 0.215. The van der Waals surface area contributed by atoms with Gasteiger partial charge in [0.15, 0.2) is 0 Å². The predicted octanol–water partition coefficient (Wildman–Crippen LogP) is 2.79. The van der Waals surface area contributed by atoms with Crippen LogP contribution in [0.5, 0.6) is 0 Å². The minimum atomic E-state index is 0.812. The van der Waals surface area contributed by atoms with E-state index in [0.717, 1.165) is 5.92 Å². The first-order valence-corrected chi connectivity index (χ1v) is 5.48. The van der Waals surface area contributed by atoms with Crippen LogP contribution < -0.4 is 0 Å². The standard InChI is InChI=1S/C13H17NO/c1-10-6-7-13-11(8-10)4-3-5-12(13)9-14-15-2/h3-5,9-10H,6-8H2,1-2H3/b14-9+. The van der Waals surface area contributed by atoms with Gasteiger partial charge in [-0.25, -0.2) is 0 Å². The van der Waals surface area contributed by atoms with Gasteiger partial charge in [0.2, 0.25) is 0 Å². The fourth-order valence-corrected chi connectivity index (χ4v) is 2.25. The number of benzene rings is 1. The topological polar surface area (TPSA) is 21.6 Å². The Morgan fingerprint density at radius 2 is 2.33 bits per heavy atom. The monoisotopic (exact) mass is 203 g/mol. The molecular weight excluding hydrogens is 186 g/mol. The van der Waals surface area contributed by atoms with Crippen LogP contribution in [-0.2, 0) is 17.7 Å². The number of oxime groups is 1. The summed E-state index contributed by atoms with van der Waals surface area (Å²) in [5, 5.41) is 3.84. The maximum atomic E-state index is 4.73. The summed E-state index contributed by atoms with van der Waals surface area (Å²) >= 11 is 0. The first-order valence-electron chi connectivity index (χ1n) is 5.48. The van der Waals surface area contributed by atoms with E-state index in [-0.39, 0.29) is 0 Å². The lowest BCUT2D eigenvalue weighted by Crippen LogP contribution is -2.13. The van der Waals surface area contributed by atoms with Crippen molar-refractivity contribution < 1.29 is 4.84 Å². The Morgan fingerprint density at radius 3 is 3.13 bits per heavy atom. The van der Waals surface area contributed by atoms with Gasteiger partial charge in [0.25, 0.3) is 0 Å². The zero-order chi connectivity index (χ0) is 10.7. The van der Waals surface area contributed by atoms with Gasteiger partial charge in [-0.1, -0.05) is 30.3 Å². The molecule has 2 heteroatoms. The van der Waals surface area contributed by atoms with Crippen molar-refractivity contribution in [3.8, 4) is 0 Å². The summed E-state index contributed by atoms with van der Waals surface area (Å²) in [5.74, 6) is 0.812. The fourth-order valence-electron chi connectivity index (χ4n) is 2.25. The van der Waals surface area contributed by atoms with Crippen molar-refractivity contribution in [1.29, 1.82) is 0 Å². The molecule has 2 rings (SSSR count). The third-order valence-corrected chi connectivity index (χ3v) is 3.06.